The molecule has 5 heterocycles. The van der Waals surface area contributed by atoms with Gasteiger partial charge in [-0.1, -0.05) is 0 Å². The van der Waals surface area contributed by atoms with E-state index in [1.54, 1.807) is 38.5 Å². The van der Waals surface area contributed by atoms with Gasteiger partial charge in [0.1, 0.15) is 17.2 Å². The van der Waals surface area contributed by atoms with Crippen molar-refractivity contribution in [1.82, 2.24) is 29.7 Å². The number of nitrogens with zero attached hydrogens (tertiary/aromatic N) is 7. The van der Waals surface area contributed by atoms with E-state index in [0.29, 0.717) is 23.2 Å². The van der Waals surface area contributed by atoms with Crippen LogP contribution in [0.2, 0.25) is 0 Å². The molecule has 0 bridgehead atoms. The number of hydrogen-bond donors (Lipinski definition) is 1. The topological polar surface area (TPSA) is 99.6 Å². The van der Waals surface area contributed by atoms with Gasteiger partial charge in [-0.15, -0.1) is 0 Å². The molecule has 0 spiro atoms. The van der Waals surface area contributed by atoms with Gasteiger partial charge in [0.25, 0.3) is 0 Å². The molecule has 2 aliphatic heterocycles. The van der Waals surface area contributed by atoms with Gasteiger partial charge in [-0.05, 0) is 44.0 Å². The SMILES string of the molecule is COc1nc2c(cc1Nc1ncc3ccnc(N4CCCCC4C(=O)N(C)C)c3n1)CN(C)CC2. The molecule has 3 aromatic heterocycles. The Labute approximate surface area is 205 Å². The summed E-state index contributed by atoms with van der Waals surface area (Å²) in [5.74, 6) is 1.76. The van der Waals surface area contributed by atoms with Gasteiger partial charge in [0.05, 0.1) is 12.8 Å². The van der Waals surface area contributed by atoms with Crippen molar-refractivity contribution in [2.75, 3.05) is 51.6 Å². The minimum Gasteiger partial charge on any atom is -0.480 e. The molecule has 1 atom stereocenters. The van der Waals surface area contributed by atoms with Crippen molar-refractivity contribution in [2.24, 2.45) is 0 Å². The lowest BCUT2D eigenvalue weighted by atomic mass is 10.0. The zero-order valence-electron chi connectivity index (χ0n) is 20.8. The zero-order valence-corrected chi connectivity index (χ0v) is 20.8. The lowest BCUT2D eigenvalue weighted by Crippen LogP contribution is -2.49. The predicted molar refractivity (Wildman–Crippen MR) is 135 cm³/mol. The fraction of sp³-hybridized carbons (Fsp3) is 0.480. The van der Waals surface area contributed by atoms with Crippen LogP contribution in [0.4, 0.5) is 17.5 Å². The summed E-state index contributed by atoms with van der Waals surface area (Å²) in [5, 5.41) is 4.19. The third-order valence-electron chi connectivity index (χ3n) is 6.75. The number of fused-ring (bicyclic) bond motifs is 2. The van der Waals surface area contributed by atoms with E-state index in [-0.39, 0.29) is 11.9 Å². The summed E-state index contributed by atoms with van der Waals surface area (Å²) in [5.41, 5.74) is 3.68. The number of methoxy groups -OCH3 is 1. The molecule has 0 aromatic carbocycles. The first kappa shape index (κ1) is 23.2. The number of carbonyl (C=O) groups excluding carboxylic acids is 1. The van der Waals surface area contributed by atoms with Gasteiger partial charge in [-0.25, -0.2) is 19.9 Å². The molecule has 0 saturated carbocycles. The quantitative estimate of drug-likeness (QED) is 0.596. The van der Waals surface area contributed by atoms with E-state index in [1.807, 2.05) is 6.07 Å². The minimum atomic E-state index is -0.245. The Morgan fingerprint density at radius 2 is 2.06 bits per heavy atom. The third-order valence-corrected chi connectivity index (χ3v) is 6.75. The Bertz CT molecular complexity index is 1250. The van der Waals surface area contributed by atoms with Crippen molar-refractivity contribution < 1.29 is 9.53 Å². The fourth-order valence-corrected chi connectivity index (χ4v) is 4.91. The number of nitrogens with one attached hydrogen (secondary N) is 1. The normalized spacial score (nSPS) is 18.3. The molecular weight excluding hydrogens is 444 g/mol. The average molecular weight is 477 g/mol. The van der Waals surface area contributed by atoms with Crippen LogP contribution in [-0.2, 0) is 17.8 Å². The molecule has 5 rings (SSSR count). The molecular formula is C25H32N8O2. The Kier molecular flexibility index (Phi) is 6.38. The summed E-state index contributed by atoms with van der Waals surface area (Å²) in [7, 11) is 7.33. The summed E-state index contributed by atoms with van der Waals surface area (Å²) in [4.78, 5) is 37.7. The second kappa shape index (κ2) is 9.61. The smallest absolute Gasteiger partial charge is 0.244 e. The van der Waals surface area contributed by atoms with E-state index in [1.165, 1.54) is 5.56 Å². The van der Waals surface area contributed by atoms with Gasteiger partial charge in [0.15, 0.2) is 5.82 Å². The summed E-state index contributed by atoms with van der Waals surface area (Å²) in [6, 6.07) is 3.72. The molecule has 184 valence electrons. The van der Waals surface area contributed by atoms with E-state index in [4.69, 9.17) is 14.7 Å². The van der Waals surface area contributed by atoms with Crippen LogP contribution in [-0.4, -0.2) is 83.0 Å². The van der Waals surface area contributed by atoms with Gasteiger partial charge >= 0.3 is 0 Å². The first-order valence-electron chi connectivity index (χ1n) is 12.1. The zero-order chi connectivity index (χ0) is 24.5. The average Bonchev–Trinajstić information content (AvgIpc) is 2.87. The molecule has 10 nitrogen and oxygen atoms in total. The summed E-state index contributed by atoms with van der Waals surface area (Å²) >= 11 is 0. The predicted octanol–water partition coefficient (Wildman–Crippen LogP) is 2.61. The standard InChI is InChI=1S/C25H32N8O2/c1-31(2)24(34)20-7-5-6-11-33(20)22-21-16(8-10-26-22)14-27-25(30-21)29-19-13-17-15-32(3)12-9-18(17)28-23(19)35-4/h8,10,13-14,20H,5-7,9,11-12,15H2,1-4H3,(H,27,29,30). The van der Waals surface area contributed by atoms with Crippen molar-refractivity contribution in [3.63, 3.8) is 0 Å². The summed E-state index contributed by atoms with van der Waals surface area (Å²) < 4.78 is 5.57. The van der Waals surface area contributed by atoms with Crippen LogP contribution in [0.5, 0.6) is 5.88 Å². The minimum absolute atomic E-state index is 0.0887. The molecule has 35 heavy (non-hydrogen) atoms. The largest absolute Gasteiger partial charge is 0.480 e. The van der Waals surface area contributed by atoms with Crippen molar-refractivity contribution >= 4 is 34.3 Å². The van der Waals surface area contributed by atoms with E-state index in [9.17, 15) is 4.79 Å². The van der Waals surface area contributed by atoms with Gasteiger partial charge in [0, 0.05) is 57.9 Å². The van der Waals surface area contributed by atoms with Gasteiger partial charge in [-0.2, -0.15) is 0 Å². The van der Waals surface area contributed by atoms with Crippen LogP contribution in [0.1, 0.15) is 30.5 Å². The second-order valence-electron chi connectivity index (χ2n) is 9.47. The molecule has 0 radical (unpaired) electrons. The number of hydrogen-bond acceptors (Lipinski definition) is 9. The molecule has 1 saturated heterocycles. The van der Waals surface area contributed by atoms with Crippen molar-refractivity contribution in [1.29, 1.82) is 0 Å². The number of anilines is 3. The summed E-state index contributed by atoms with van der Waals surface area (Å²) in [6.45, 7) is 2.58. The molecule has 10 heteroatoms. The third kappa shape index (κ3) is 4.58. The summed E-state index contributed by atoms with van der Waals surface area (Å²) in [6.07, 6.45) is 7.28. The maximum atomic E-state index is 12.9. The molecule has 2 aliphatic rings. The number of aromatic nitrogens is 4. The number of rotatable bonds is 5. The van der Waals surface area contributed by atoms with E-state index < -0.39 is 0 Å². The fourth-order valence-electron chi connectivity index (χ4n) is 4.91. The highest BCUT2D eigenvalue weighted by Crippen LogP contribution is 2.32. The number of carbonyl (C=O) groups is 1. The Morgan fingerprint density at radius 3 is 2.86 bits per heavy atom. The van der Waals surface area contributed by atoms with Crippen LogP contribution in [0.25, 0.3) is 10.9 Å². The molecule has 1 fully saturated rings. The van der Waals surface area contributed by atoms with Gasteiger partial charge < -0.3 is 24.8 Å². The first-order valence-corrected chi connectivity index (χ1v) is 12.1. The highest BCUT2D eigenvalue weighted by atomic mass is 16.5. The first-order chi connectivity index (χ1) is 16.9. The van der Waals surface area contributed by atoms with Crippen LogP contribution < -0.4 is 15.0 Å². The van der Waals surface area contributed by atoms with Gasteiger partial charge in [-0.3, -0.25) is 4.79 Å². The van der Waals surface area contributed by atoms with Crippen molar-refractivity contribution in [2.45, 2.75) is 38.3 Å². The maximum Gasteiger partial charge on any atom is 0.244 e. The molecule has 3 aromatic rings. The number of ether oxygens (including phenoxy) is 1. The Hall–Kier alpha value is -3.53. The number of piperidine rings is 1. The molecule has 1 N–H and O–H groups in total. The molecule has 1 amide bonds. The maximum absolute atomic E-state index is 12.9. The van der Waals surface area contributed by atoms with Crippen molar-refractivity contribution in [3.8, 4) is 5.88 Å². The lowest BCUT2D eigenvalue weighted by molar-refractivity contribution is -0.130. The van der Waals surface area contributed by atoms with E-state index >= 15 is 0 Å². The Morgan fingerprint density at radius 1 is 1.20 bits per heavy atom. The van der Waals surface area contributed by atoms with E-state index in [0.717, 1.165) is 62.1 Å². The molecule has 0 aliphatic carbocycles. The van der Waals surface area contributed by atoms with Crippen LogP contribution in [0, 0.1) is 0 Å². The van der Waals surface area contributed by atoms with Gasteiger partial charge in [0.2, 0.25) is 17.7 Å². The van der Waals surface area contributed by atoms with Crippen LogP contribution in [0.15, 0.2) is 24.5 Å². The highest BCUT2D eigenvalue weighted by Gasteiger charge is 2.32. The monoisotopic (exact) mass is 476 g/mol. The number of pyridine rings is 2. The van der Waals surface area contributed by atoms with Crippen molar-refractivity contribution in [3.05, 3.63) is 35.8 Å². The number of likely N-dealkylation sites (N-methyl/N-ethyl adjacent to an activating group) is 2. The Balaban J connectivity index is 1.51. The lowest BCUT2D eigenvalue weighted by Gasteiger charge is -2.37. The second-order valence-corrected chi connectivity index (χ2v) is 9.47. The van der Waals surface area contributed by atoms with Crippen LogP contribution in [0.3, 0.4) is 0 Å². The van der Waals surface area contributed by atoms with Crippen LogP contribution >= 0.6 is 0 Å². The molecule has 1 unspecified atom stereocenters. The highest BCUT2D eigenvalue weighted by molar-refractivity contribution is 5.92. The number of amides is 1. The van der Waals surface area contributed by atoms with E-state index in [2.05, 4.69) is 38.2 Å².